The molecule has 0 saturated carbocycles. The molecule has 1 N–H and O–H groups in total. The molecule has 0 aromatic rings. The van der Waals surface area contributed by atoms with Crippen LogP contribution in [0, 0.1) is 0 Å². The molecule has 0 aromatic carbocycles. The molecule has 3 nitrogen and oxygen atoms in total. The maximum atomic E-state index is 11.7. The molecule has 3 heteroatoms. The topological polar surface area (TPSA) is 32.3 Å². The monoisotopic (exact) mass is 194 g/mol. The third-order valence-corrected chi connectivity index (χ3v) is 2.99. The Hall–Kier alpha value is -0.990. The minimum atomic E-state index is 0.141. The van der Waals surface area contributed by atoms with Crippen molar-refractivity contribution in [1.82, 2.24) is 10.2 Å². The van der Waals surface area contributed by atoms with Gasteiger partial charge in [-0.15, -0.1) is 0 Å². The van der Waals surface area contributed by atoms with Crippen LogP contribution in [0.4, 0.5) is 4.79 Å². The van der Waals surface area contributed by atoms with E-state index in [4.69, 9.17) is 0 Å². The lowest BCUT2D eigenvalue weighted by Crippen LogP contribution is -2.43. The smallest absolute Gasteiger partial charge is 0.317 e. The number of allylic oxidation sites excluding steroid dienone is 1. The number of nitrogens with one attached hydrogen (secondary N) is 1. The molecule has 1 aliphatic carbocycles. The lowest BCUT2D eigenvalue weighted by atomic mass is 10.0. The lowest BCUT2D eigenvalue weighted by molar-refractivity contribution is 0.203. The normalized spacial score (nSPS) is 26.6. The number of amides is 2. The van der Waals surface area contributed by atoms with E-state index in [2.05, 4.69) is 17.5 Å². The maximum absolute atomic E-state index is 11.7. The first-order chi connectivity index (χ1) is 6.86. The molecule has 1 unspecified atom stereocenters. The van der Waals surface area contributed by atoms with Crippen LogP contribution in [0.1, 0.15) is 32.1 Å². The van der Waals surface area contributed by atoms with Crippen LogP contribution < -0.4 is 5.32 Å². The van der Waals surface area contributed by atoms with E-state index in [1.807, 2.05) is 4.90 Å². The van der Waals surface area contributed by atoms with E-state index < -0.39 is 0 Å². The third-order valence-electron chi connectivity index (χ3n) is 2.99. The summed E-state index contributed by atoms with van der Waals surface area (Å²) in [5.41, 5.74) is 0. The van der Waals surface area contributed by atoms with Crippen LogP contribution in [0.5, 0.6) is 0 Å². The van der Waals surface area contributed by atoms with Crippen LogP contribution >= 0.6 is 0 Å². The van der Waals surface area contributed by atoms with Crippen LogP contribution in [-0.2, 0) is 0 Å². The SMILES string of the molecule is O=C(NC1CC=CCC1)N1CCCC1. The molecule has 2 amide bonds. The molecular formula is C11H18N2O. The number of rotatable bonds is 1. The van der Waals surface area contributed by atoms with Gasteiger partial charge in [-0.2, -0.15) is 0 Å². The Kier molecular flexibility index (Phi) is 3.07. The van der Waals surface area contributed by atoms with Gasteiger partial charge >= 0.3 is 6.03 Å². The van der Waals surface area contributed by atoms with Gasteiger partial charge in [0.05, 0.1) is 0 Å². The van der Waals surface area contributed by atoms with Gasteiger partial charge < -0.3 is 10.2 Å². The van der Waals surface area contributed by atoms with Crippen molar-refractivity contribution >= 4 is 6.03 Å². The first-order valence-electron chi connectivity index (χ1n) is 5.57. The van der Waals surface area contributed by atoms with Gasteiger partial charge in [0.25, 0.3) is 0 Å². The number of likely N-dealkylation sites (tertiary alicyclic amines) is 1. The molecule has 2 rings (SSSR count). The lowest BCUT2D eigenvalue weighted by Gasteiger charge is -2.23. The highest BCUT2D eigenvalue weighted by Gasteiger charge is 2.20. The Morgan fingerprint density at radius 1 is 1.29 bits per heavy atom. The summed E-state index contributed by atoms with van der Waals surface area (Å²) in [6.07, 6.45) is 9.88. The van der Waals surface area contributed by atoms with Crippen LogP contribution in [0.3, 0.4) is 0 Å². The molecular weight excluding hydrogens is 176 g/mol. The van der Waals surface area contributed by atoms with Gasteiger partial charge in [0.15, 0.2) is 0 Å². The van der Waals surface area contributed by atoms with Crippen molar-refractivity contribution in [3.63, 3.8) is 0 Å². The standard InChI is InChI=1S/C11H18N2O/c14-11(13-8-4-5-9-13)12-10-6-2-1-3-7-10/h1-2,10H,3-9H2,(H,12,14). The largest absolute Gasteiger partial charge is 0.335 e. The molecule has 1 saturated heterocycles. The number of carbonyl (C=O) groups is 1. The van der Waals surface area contributed by atoms with E-state index in [0.717, 1.165) is 45.2 Å². The van der Waals surface area contributed by atoms with Crippen molar-refractivity contribution in [1.29, 1.82) is 0 Å². The molecule has 0 radical (unpaired) electrons. The van der Waals surface area contributed by atoms with E-state index in [0.29, 0.717) is 6.04 Å². The summed E-state index contributed by atoms with van der Waals surface area (Å²) < 4.78 is 0. The van der Waals surface area contributed by atoms with Crippen LogP contribution in [0.2, 0.25) is 0 Å². The highest BCUT2D eigenvalue weighted by Crippen LogP contribution is 2.12. The van der Waals surface area contributed by atoms with E-state index in [1.54, 1.807) is 0 Å². The van der Waals surface area contributed by atoms with Gasteiger partial charge in [0, 0.05) is 19.1 Å². The summed E-state index contributed by atoms with van der Waals surface area (Å²) >= 11 is 0. The maximum Gasteiger partial charge on any atom is 0.317 e. The zero-order valence-corrected chi connectivity index (χ0v) is 8.54. The average Bonchev–Trinajstić information content (AvgIpc) is 2.72. The average molecular weight is 194 g/mol. The molecule has 0 bridgehead atoms. The molecule has 1 aliphatic heterocycles. The van der Waals surface area contributed by atoms with Crippen molar-refractivity contribution in [2.45, 2.75) is 38.1 Å². The fraction of sp³-hybridized carbons (Fsp3) is 0.727. The van der Waals surface area contributed by atoms with E-state index in [1.165, 1.54) is 0 Å². The molecule has 1 fully saturated rings. The summed E-state index contributed by atoms with van der Waals surface area (Å²) in [5, 5.41) is 3.10. The van der Waals surface area contributed by atoms with Crippen molar-refractivity contribution in [3.8, 4) is 0 Å². The summed E-state index contributed by atoms with van der Waals surface area (Å²) in [6.45, 7) is 1.88. The van der Waals surface area contributed by atoms with Gasteiger partial charge in [-0.3, -0.25) is 0 Å². The Balaban J connectivity index is 1.78. The van der Waals surface area contributed by atoms with Crippen LogP contribution in [-0.4, -0.2) is 30.1 Å². The zero-order valence-electron chi connectivity index (χ0n) is 8.54. The fourth-order valence-corrected chi connectivity index (χ4v) is 2.11. The number of carbonyl (C=O) groups excluding carboxylic acids is 1. The third kappa shape index (κ3) is 2.28. The van der Waals surface area contributed by atoms with Crippen LogP contribution in [0.25, 0.3) is 0 Å². The van der Waals surface area contributed by atoms with Gasteiger partial charge in [0.1, 0.15) is 0 Å². The second-order valence-electron chi connectivity index (χ2n) is 4.13. The Morgan fingerprint density at radius 2 is 2.07 bits per heavy atom. The molecule has 1 atom stereocenters. The number of urea groups is 1. The number of hydrogen-bond donors (Lipinski definition) is 1. The summed E-state index contributed by atoms with van der Waals surface area (Å²) in [7, 11) is 0. The van der Waals surface area contributed by atoms with Gasteiger partial charge in [-0.05, 0) is 32.1 Å². The molecule has 2 aliphatic rings. The molecule has 78 valence electrons. The number of nitrogens with zero attached hydrogens (tertiary/aromatic N) is 1. The highest BCUT2D eigenvalue weighted by molar-refractivity contribution is 5.74. The van der Waals surface area contributed by atoms with Crippen molar-refractivity contribution in [3.05, 3.63) is 12.2 Å². The predicted molar refractivity (Wildman–Crippen MR) is 56.1 cm³/mol. The minimum absolute atomic E-state index is 0.141. The first-order valence-corrected chi connectivity index (χ1v) is 5.57. The second kappa shape index (κ2) is 4.49. The quantitative estimate of drug-likeness (QED) is 0.635. The van der Waals surface area contributed by atoms with Crippen molar-refractivity contribution < 1.29 is 4.79 Å². The predicted octanol–water partition coefficient (Wildman–Crippen LogP) is 1.90. The summed E-state index contributed by atoms with van der Waals surface area (Å²) in [4.78, 5) is 13.6. The van der Waals surface area contributed by atoms with Crippen molar-refractivity contribution in [2.75, 3.05) is 13.1 Å². The Bertz CT molecular complexity index is 231. The second-order valence-corrected chi connectivity index (χ2v) is 4.13. The fourth-order valence-electron chi connectivity index (χ4n) is 2.11. The summed E-state index contributed by atoms with van der Waals surface area (Å²) in [6, 6.07) is 0.510. The number of hydrogen-bond acceptors (Lipinski definition) is 1. The molecule has 14 heavy (non-hydrogen) atoms. The van der Waals surface area contributed by atoms with E-state index in [-0.39, 0.29) is 6.03 Å². The molecule has 1 heterocycles. The van der Waals surface area contributed by atoms with Gasteiger partial charge in [-0.25, -0.2) is 4.79 Å². The summed E-state index contributed by atoms with van der Waals surface area (Å²) in [5.74, 6) is 0. The van der Waals surface area contributed by atoms with E-state index >= 15 is 0 Å². The Morgan fingerprint density at radius 3 is 2.71 bits per heavy atom. The highest BCUT2D eigenvalue weighted by atomic mass is 16.2. The van der Waals surface area contributed by atoms with Crippen molar-refractivity contribution in [2.24, 2.45) is 0 Å². The zero-order chi connectivity index (χ0) is 9.80. The van der Waals surface area contributed by atoms with Gasteiger partial charge in [0.2, 0.25) is 0 Å². The molecule has 0 aromatic heterocycles. The molecule has 0 spiro atoms. The van der Waals surface area contributed by atoms with Crippen LogP contribution in [0.15, 0.2) is 12.2 Å². The van der Waals surface area contributed by atoms with Gasteiger partial charge in [-0.1, -0.05) is 12.2 Å². The Labute approximate surface area is 85.2 Å². The first kappa shape index (κ1) is 9.56. The minimum Gasteiger partial charge on any atom is -0.335 e. The van der Waals surface area contributed by atoms with E-state index in [9.17, 15) is 4.79 Å².